The van der Waals surface area contributed by atoms with E-state index in [1.165, 1.54) is 12.1 Å². The number of rotatable bonds is 4. The van der Waals surface area contributed by atoms with Gasteiger partial charge in [-0.2, -0.15) is 0 Å². The molecule has 0 saturated carbocycles. The molecular formula is C15H16FNO. The Balaban J connectivity index is 2.06. The van der Waals surface area contributed by atoms with E-state index in [2.05, 4.69) is 5.32 Å². The zero-order chi connectivity index (χ0) is 13.0. The van der Waals surface area contributed by atoms with Crippen LogP contribution in [0.4, 0.5) is 10.1 Å². The van der Waals surface area contributed by atoms with Gasteiger partial charge in [-0.15, -0.1) is 0 Å². The summed E-state index contributed by atoms with van der Waals surface area (Å²) >= 11 is 0. The average molecular weight is 245 g/mol. The molecule has 0 bridgehead atoms. The molecule has 18 heavy (non-hydrogen) atoms. The van der Waals surface area contributed by atoms with Crippen LogP contribution in [0.15, 0.2) is 42.5 Å². The Hall–Kier alpha value is -2.03. The van der Waals surface area contributed by atoms with Gasteiger partial charge in [0.05, 0.1) is 7.11 Å². The van der Waals surface area contributed by atoms with Crippen LogP contribution in [0.25, 0.3) is 0 Å². The molecule has 1 N–H and O–H groups in total. The molecule has 2 nitrogen and oxygen atoms in total. The third kappa shape index (κ3) is 3.00. The monoisotopic (exact) mass is 245 g/mol. The number of halogens is 1. The lowest BCUT2D eigenvalue weighted by molar-refractivity contribution is 0.414. The van der Waals surface area contributed by atoms with Crippen molar-refractivity contribution in [2.45, 2.75) is 13.5 Å². The minimum absolute atomic E-state index is 0.208. The van der Waals surface area contributed by atoms with Gasteiger partial charge in [-0.25, -0.2) is 4.39 Å². The maximum absolute atomic E-state index is 13.0. The van der Waals surface area contributed by atoms with E-state index >= 15 is 0 Å². The van der Waals surface area contributed by atoms with Gasteiger partial charge in [0.25, 0.3) is 0 Å². The van der Waals surface area contributed by atoms with Gasteiger partial charge in [0.15, 0.2) is 0 Å². The van der Waals surface area contributed by atoms with E-state index in [-0.39, 0.29) is 5.82 Å². The summed E-state index contributed by atoms with van der Waals surface area (Å²) in [6.45, 7) is 2.61. The second-order valence-corrected chi connectivity index (χ2v) is 4.16. The number of aryl methyl sites for hydroxylation is 1. The van der Waals surface area contributed by atoms with Gasteiger partial charge in [-0.1, -0.05) is 12.1 Å². The molecule has 0 aliphatic heterocycles. The lowest BCUT2D eigenvalue weighted by atomic mass is 10.1. The SMILES string of the molecule is COc1ccc(NCc2cccc(F)c2)c(C)c1. The van der Waals surface area contributed by atoms with Crippen LogP contribution in [0.3, 0.4) is 0 Å². The van der Waals surface area contributed by atoms with E-state index in [0.29, 0.717) is 6.54 Å². The van der Waals surface area contributed by atoms with Gasteiger partial charge in [0.1, 0.15) is 11.6 Å². The van der Waals surface area contributed by atoms with E-state index in [0.717, 1.165) is 22.6 Å². The van der Waals surface area contributed by atoms with E-state index in [4.69, 9.17) is 4.74 Å². The van der Waals surface area contributed by atoms with Crippen molar-refractivity contribution in [1.82, 2.24) is 0 Å². The fourth-order valence-electron chi connectivity index (χ4n) is 1.81. The summed E-state index contributed by atoms with van der Waals surface area (Å²) < 4.78 is 18.2. The van der Waals surface area contributed by atoms with Crippen LogP contribution in [-0.2, 0) is 6.54 Å². The second-order valence-electron chi connectivity index (χ2n) is 4.16. The van der Waals surface area contributed by atoms with Crippen molar-refractivity contribution in [3.8, 4) is 5.75 Å². The van der Waals surface area contributed by atoms with E-state index in [1.807, 2.05) is 31.2 Å². The zero-order valence-corrected chi connectivity index (χ0v) is 10.5. The molecule has 0 fully saturated rings. The molecule has 0 saturated heterocycles. The van der Waals surface area contributed by atoms with Gasteiger partial charge >= 0.3 is 0 Å². The van der Waals surface area contributed by atoms with Crippen molar-refractivity contribution in [3.63, 3.8) is 0 Å². The van der Waals surface area contributed by atoms with E-state index < -0.39 is 0 Å². The Bertz CT molecular complexity index is 540. The number of ether oxygens (including phenoxy) is 1. The first-order valence-corrected chi connectivity index (χ1v) is 5.82. The Kier molecular flexibility index (Phi) is 3.82. The standard InChI is InChI=1S/C15H16FNO/c1-11-8-14(18-2)6-7-15(11)17-10-12-4-3-5-13(16)9-12/h3-9,17H,10H2,1-2H3. The van der Waals surface area contributed by atoms with Crippen LogP contribution >= 0.6 is 0 Å². The fourth-order valence-corrected chi connectivity index (χ4v) is 1.81. The first-order chi connectivity index (χ1) is 8.69. The molecule has 2 aromatic carbocycles. The van der Waals surface area contributed by atoms with E-state index in [1.54, 1.807) is 13.2 Å². The lowest BCUT2D eigenvalue weighted by Gasteiger charge is -2.11. The maximum atomic E-state index is 13.0. The van der Waals surface area contributed by atoms with Crippen LogP contribution in [0.1, 0.15) is 11.1 Å². The van der Waals surface area contributed by atoms with Crippen molar-refractivity contribution in [3.05, 3.63) is 59.4 Å². The minimum Gasteiger partial charge on any atom is -0.497 e. The normalized spacial score (nSPS) is 10.2. The third-order valence-electron chi connectivity index (χ3n) is 2.81. The highest BCUT2D eigenvalue weighted by molar-refractivity contribution is 5.53. The molecule has 0 unspecified atom stereocenters. The number of anilines is 1. The fraction of sp³-hybridized carbons (Fsp3) is 0.200. The molecule has 94 valence electrons. The number of methoxy groups -OCH3 is 1. The van der Waals surface area contributed by atoms with Crippen molar-refractivity contribution < 1.29 is 9.13 Å². The number of benzene rings is 2. The van der Waals surface area contributed by atoms with Crippen LogP contribution in [0.2, 0.25) is 0 Å². The predicted octanol–water partition coefficient (Wildman–Crippen LogP) is 3.75. The molecule has 0 aromatic heterocycles. The Labute approximate surface area is 106 Å². The highest BCUT2D eigenvalue weighted by Gasteiger charge is 2.01. The first-order valence-electron chi connectivity index (χ1n) is 5.82. The lowest BCUT2D eigenvalue weighted by Crippen LogP contribution is -2.01. The van der Waals surface area contributed by atoms with Gasteiger partial charge < -0.3 is 10.1 Å². The predicted molar refractivity (Wildman–Crippen MR) is 71.5 cm³/mol. The quantitative estimate of drug-likeness (QED) is 0.885. The summed E-state index contributed by atoms with van der Waals surface area (Å²) in [4.78, 5) is 0. The molecule has 0 amide bonds. The van der Waals surface area contributed by atoms with Gasteiger partial charge in [-0.3, -0.25) is 0 Å². The Morgan fingerprint density at radius 2 is 2.00 bits per heavy atom. The van der Waals surface area contributed by atoms with Crippen LogP contribution in [0.5, 0.6) is 5.75 Å². The summed E-state index contributed by atoms with van der Waals surface area (Å²) in [6.07, 6.45) is 0. The molecule has 2 rings (SSSR count). The smallest absolute Gasteiger partial charge is 0.123 e. The highest BCUT2D eigenvalue weighted by Crippen LogP contribution is 2.21. The Morgan fingerprint density at radius 3 is 2.67 bits per heavy atom. The van der Waals surface area contributed by atoms with Crippen LogP contribution in [-0.4, -0.2) is 7.11 Å². The largest absolute Gasteiger partial charge is 0.497 e. The average Bonchev–Trinajstić information content (AvgIpc) is 2.37. The summed E-state index contributed by atoms with van der Waals surface area (Å²) in [5, 5.41) is 3.29. The summed E-state index contributed by atoms with van der Waals surface area (Å²) in [5.41, 5.74) is 3.05. The highest BCUT2D eigenvalue weighted by atomic mass is 19.1. The summed E-state index contributed by atoms with van der Waals surface area (Å²) in [6, 6.07) is 12.4. The molecule has 0 radical (unpaired) electrons. The molecule has 0 heterocycles. The summed E-state index contributed by atoms with van der Waals surface area (Å²) in [5.74, 6) is 0.629. The molecule has 0 aliphatic carbocycles. The Morgan fingerprint density at radius 1 is 1.17 bits per heavy atom. The van der Waals surface area contributed by atoms with Crippen LogP contribution in [0, 0.1) is 12.7 Å². The van der Waals surface area contributed by atoms with Crippen LogP contribution < -0.4 is 10.1 Å². The zero-order valence-electron chi connectivity index (χ0n) is 10.5. The number of hydrogen-bond acceptors (Lipinski definition) is 2. The summed E-state index contributed by atoms with van der Waals surface area (Å²) in [7, 11) is 1.65. The maximum Gasteiger partial charge on any atom is 0.123 e. The molecular weight excluding hydrogens is 229 g/mol. The first kappa shape index (κ1) is 12.4. The van der Waals surface area contributed by atoms with Gasteiger partial charge in [0, 0.05) is 12.2 Å². The molecule has 0 atom stereocenters. The topological polar surface area (TPSA) is 21.3 Å². The van der Waals surface area contributed by atoms with Crippen molar-refractivity contribution in [2.24, 2.45) is 0 Å². The van der Waals surface area contributed by atoms with Gasteiger partial charge in [-0.05, 0) is 48.4 Å². The van der Waals surface area contributed by atoms with Crippen molar-refractivity contribution in [1.29, 1.82) is 0 Å². The third-order valence-corrected chi connectivity index (χ3v) is 2.81. The minimum atomic E-state index is -0.208. The molecule has 0 spiro atoms. The molecule has 3 heteroatoms. The van der Waals surface area contributed by atoms with Crippen molar-refractivity contribution in [2.75, 3.05) is 12.4 Å². The number of nitrogens with one attached hydrogen (secondary N) is 1. The van der Waals surface area contributed by atoms with Gasteiger partial charge in [0.2, 0.25) is 0 Å². The van der Waals surface area contributed by atoms with E-state index in [9.17, 15) is 4.39 Å². The second kappa shape index (κ2) is 5.54. The van der Waals surface area contributed by atoms with Crippen molar-refractivity contribution >= 4 is 5.69 Å². The molecule has 2 aromatic rings. The molecule has 0 aliphatic rings. The number of hydrogen-bond donors (Lipinski definition) is 1.